The zero-order chi connectivity index (χ0) is 16.8. The van der Waals surface area contributed by atoms with E-state index < -0.39 is 0 Å². The van der Waals surface area contributed by atoms with E-state index in [4.69, 9.17) is 4.74 Å². The number of nitrogens with zero attached hydrogens (tertiary/aromatic N) is 1. The molecule has 0 bridgehead atoms. The summed E-state index contributed by atoms with van der Waals surface area (Å²) in [6.45, 7) is 4.52. The van der Waals surface area contributed by atoms with E-state index in [9.17, 15) is 0 Å². The van der Waals surface area contributed by atoms with E-state index in [0.29, 0.717) is 12.5 Å². The molecule has 2 aromatic carbocycles. The molecule has 0 heterocycles. The van der Waals surface area contributed by atoms with Gasteiger partial charge in [-0.2, -0.15) is 0 Å². The van der Waals surface area contributed by atoms with Crippen LogP contribution in [0.15, 0.2) is 53.5 Å². The van der Waals surface area contributed by atoms with Crippen LogP contribution in [0.3, 0.4) is 0 Å². The number of guanidine groups is 1. The van der Waals surface area contributed by atoms with Gasteiger partial charge in [0.1, 0.15) is 5.75 Å². The predicted octanol–water partition coefficient (Wildman–Crippen LogP) is 3.71. The third-order valence-electron chi connectivity index (χ3n) is 4.40. The SMILES string of the molecule is CCNC(=NCc1ccc(OC)cc1)NCC1Cc2ccccc21.I. The van der Waals surface area contributed by atoms with Crippen LogP contribution < -0.4 is 15.4 Å². The third kappa shape index (κ3) is 5.11. The van der Waals surface area contributed by atoms with Crippen molar-refractivity contribution in [1.82, 2.24) is 10.6 Å². The summed E-state index contributed by atoms with van der Waals surface area (Å²) in [5, 5.41) is 6.79. The molecule has 0 fully saturated rings. The summed E-state index contributed by atoms with van der Waals surface area (Å²) in [5.41, 5.74) is 4.11. The Balaban J connectivity index is 0.00000225. The summed E-state index contributed by atoms with van der Waals surface area (Å²) in [6.07, 6.45) is 1.15. The second-order valence-corrected chi connectivity index (χ2v) is 6.02. The molecular weight excluding hydrogens is 425 g/mol. The van der Waals surface area contributed by atoms with Gasteiger partial charge in [0, 0.05) is 19.0 Å². The van der Waals surface area contributed by atoms with Crippen LogP contribution in [0.2, 0.25) is 0 Å². The van der Waals surface area contributed by atoms with Crippen molar-refractivity contribution in [2.45, 2.75) is 25.8 Å². The molecular formula is C20H26IN3O. The van der Waals surface area contributed by atoms with Crippen LogP contribution in [0, 0.1) is 0 Å². The van der Waals surface area contributed by atoms with Crippen molar-refractivity contribution in [2.24, 2.45) is 4.99 Å². The van der Waals surface area contributed by atoms with E-state index in [1.165, 1.54) is 16.7 Å². The first kappa shape index (κ1) is 19.6. The molecule has 0 aliphatic heterocycles. The van der Waals surface area contributed by atoms with Crippen molar-refractivity contribution in [3.05, 3.63) is 65.2 Å². The summed E-state index contributed by atoms with van der Waals surface area (Å²) >= 11 is 0. The standard InChI is InChI=1S/C20H25N3O.HI/c1-3-21-20(22-13-15-8-10-18(24-2)11-9-15)23-14-17-12-16-6-4-5-7-19(16)17;/h4-11,17H,3,12-14H2,1-2H3,(H2,21,22,23);1H. The van der Waals surface area contributed by atoms with Crippen LogP contribution >= 0.6 is 24.0 Å². The van der Waals surface area contributed by atoms with Crippen molar-refractivity contribution in [3.8, 4) is 5.75 Å². The average molecular weight is 451 g/mol. The second-order valence-electron chi connectivity index (χ2n) is 6.02. The fraction of sp³-hybridized carbons (Fsp3) is 0.350. The van der Waals surface area contributed by atoms with E-state index in [1.54, 1.807) is 7.11 Å². The van der Waals surface area contributed by atoms with Crippen molar-refractivity contribution < 1.29 is 4.74 Å². The molecule has 2 aromatic rings. The lowest BCUT2D eigenvalue weighted by Crippen LogP contribution is -2.41. The number of methoxy groups -OCH3 is 1. The quantitative estimate of drug-likeness (QED) is 0.400. The lowest BCUT2D eigenvalue weighted by atomic mass is 9.78. The predicted molar refractivity (Wildman–Crippen MR) is 114 cm³/mol. The average Bonchev–Trinajstić information content (AvgIpc) is 2.60. The van der Waals surface area contributed by atoms with Crippen molar-refractivity contribution in [1.29, 1.82) is 0 Å². The van der Waals surface area contributed by atoms with E-state index >= 15 is 0 Å². The number of aliphatic imine (C=N–C) groups is 1. The first-order valence-corrected chi connectivity index (χ1v) is 8.53. The fourth-order valence-electron chi connectivity index (χ4n) is 3.01. The number of rotatable bonds is 6. The molecule has 1 unspecified atom stereocenters. The van der Waals surface area contributed by atoms with E-state index in [-0.39, 0.29) is 24.0 Å². The van der Waals surface area contributed by atoms with Gasteiger partial charge in [0.05, 0.1) is 13.7 Å². The molecule has 25 heavy (non-hydrogen) atoms. The third-order valence-corrected chi connectivity index (χ3v) is 4.40. The smallest absolute Gasteiger partial charge is 0.191 e. The highest BCUT2D eigenvalue weighted by Crippen LogP contribution is 2.33. The molecule has 134 valence electrons. The molecule has 2 N–H and O–H groups in total. The fourth-order valence-corrected chi connectivity index (χ4v) is 3.01. The molecule has 5 heteroatoms. The number of fused-ring (bicyclic) bond motifs is 1. The molecule has 4 nitrogen and oxygen atoms in total. The molecule has 0 aromatic heterocycles. The number of nitrogens with one attached hydrogen (secondary N) is 2. The van der Waals surface area contributed by atoms with Crippen LogP contribution in [0.25, 0.3) is 0 Å². The molecule has 3 rings (SSSR count). The van der Waals surface area contributed by atoms with Crippen molar-refractivity contribution >= 4 is 29.9 Å². The van der Waals surface area contributed by atoms with Crippen LogP contribution in [0.4, 0.5) is 0 Å². The van der Waals surface area contributed by atoms with Gasteiger partial charge in [-0.3, -0.25) is 0 Å². The maximum absolute atomic E-state index is 5.19. The van der Waals surface area contributed by atoms with Gasteiger partial charge in [-0.25, -0.2) is 4.99 Å². The van der Waals surface area contributed by atoms with Crippen LogP contribution in [0.5, 0.6) is 5.75 Å². The number of halogens is 1. The first-order chi connectivity index (χ1) is 11.8. The minimum atomic E-state index is 0. The van der Waals surface area contributed by atoms with E-state index in [0.717, 1.165) is 31.2 Å². The van der Waals surface area contributed by atoms with E-state index in [1.807, 2.05) is 24.3 Å². The largest absolute Gasteiger partial charge is 0.497 e. The normalized spacial score (nSPS) is 15.4. The summed E-state index contributed by atoms with van der Waals surface area (Å²) < 4.78 is 5.19. The Hall–Kier alpha value is -1.76. The van der Waals surface area contributed by atoms with Gasteiger partial charge < -0.3 is 15.4 Å². The monoisotopic (exact) mass is 451 g/mol. The lowest BCUT2D eigenvalue weighted by Gasteiger charge is -2.30. The zero-order valence-corrected chi connectivity index (χ0v) is 17.1. The van der Waals surface area contributed by atoms with Crippen molar-refractivity contribution in [3.63, 3.8) is 0 Å². The van der Waals surface area contributed by atoms with Gasteiger partial charge in [-0.1, -0.05) is 36.4 Å². The minimum Gasteiger partial charge on any atom is -0.497 e. The molecule has 0 saturated carbocycles. The second kappa shape index (κ2) is 9.65. The van der Waals surface area contributed by atoms with Crippen LogP contribution in [-0.2, 0) is 13.0 Å². The maximum atomic E-state index is 5.19. The highest BCUT2D eigenvalue weighted by atomic mass is 127. The van der Waals surface area contributed by atoms with Gasteiger partial charge in [0.15, 0.2) is 5.96 Å². The summed E-state index contributed by atoms with van der Waals surface area (Å²) in [6, 6.07) is 16.7. The molecule has 0 spiro atoms. The number of hydrogen-bond acceptors (Lipinski definition) is 2. The highest BCUT2D eigenvalue weighted by Gasteiger charge is 2.25. The molecule has 0 saturated heterocycles. The molecule has 1 aliphatic carbocycles. The number of hydrogen-bond donors (Lipinski definition) is 2. The molecule has 1 atom stereocenters. The Kier molecular flexibility index (Phi) is 7.55. The van der Waals surface area contributed by atoms with Crippen LogP contribution in [-0.4, -0.2) is 26.2 Å². The Morgan fingerprint density at radius 1 is 1.12 bits per heavy atom. The molecule has 0 radical (unpaired) electrons. The molecule has 0 amide bonds. The highest BCUT2D eigenvalue weighted by molar-refractivity contribution is 14.0. The lowest BCUT2D eigenvalue weighted by molar-refractivity contribution is 0.414. The first-order valence-electron chi connectivity index (χ1n) is 8.53. The van der Waals surface area contributed by atoms with Gasteiger partial charge in [-0.05, 0) is 42.2 Å². The van der Waals surface area contributed by atoms with Gasteiger partial charge in [0.25, 0.3) is 0 Å². The summed E-state index contributed by atoms with van der Waals surface area (Å²) in [7, 11) is 1.68. The van der Waals surface area contributed by atoms with Gasteiger partial charge in [0.2, 0.25) is 0 Å². The number of benzene rings is 2. The zero-order valence-electron chi connectivity index (χ0n) is 14.8. The Morgan fingerprint density at radius 3 is 2.56 bits per heavy atom. The van der Waals surface area contributed by atoms with Crippen LogP contribution in [0.1, 0.15) is 29.5 Å². The topological polar surface area (TPSA) is 45.7 Å². The van der Waals surface area contributed by atoms with Crippen molar-refractivity contribution in [2.75, 3.05) is 20.2 Å². The van der Waals surface area contributed by atoms with Gasteiger partial charge >= 0.3 is 0 Å². The Bertz CT molecular complexity index is 700. The molecule has 1 aliphatic rings. The summed E-state index contributed by atoms with van der Waals surface area (Å²) in [4.78, 5) is 4.68. The Morgan fingerprint density at radius 2 is 1.88 bits per heavy atom. The number of ether oxygens (including phenoxy) is 1. The Labute approximate surface area is 167 Å². The minimum absolute atomic E-state index is 0. The van der Waals surface area contributed by atoms with E-state index in [2.05, 4.69) is 46.8 Å². The summed E-state index contributed by atoms with van der Waals surface area (Å²) in [5.74, 6) is 2.33. The van der Waals surface area contributed by atoms with Gasteiger partial charge in [-0.15, -0.1) is 24.0 Å². The maximum Gasteiger partial charge on any atom is 0.191 e.